The summed E-state index contributed by atoms with van der Waals surface area (Å²) in [5.41, 5.74) is 2.22. The van der Waals surface area contributed by atoms with Gasteiger partial charge in [-0.05, 0) is 42.2 Å². The molecule has 1 aromatic carbocycles. The summed E-state index contributed by atoms with van der Waals surface area (Å²) >= 11 is 0. The van der Waals surface area contributed by atoms with Gasteiger partial charge in [-0.2, -0.15) is 0 Å². The van der Waals surface area contributed by atoms with Gasteiger partial charge < -0.3 is 15.2 Å². The Balaban J connectivity index is 1.77. The third-order valence-electron chi connectivity index (χ3n) is 3.40. The van der Waals surface area contributed by atoms with Crippen molar-refractivity contribution < 1.29 is 9.84 Å². The Kier molecular flexibility index (Phi) is 6.19. The molecule has 1 aromatic heterocycles. The highest BCUT2D eigenvalue weighted by Crippen LogP contribution is 2.11. The number of aliphatic hydroxyl groups excluding tert-OH is 1. The number of hydrogen-bond acceptors (Lipinski definition) is 4. The van der Waals surface area contributed by atoms with E-state index in [4.69, 9.17) is 4.74 Å². The lowest BCUT2D eigenvalue weighted by atomic mass is 10.0. The molecule has 21 heavy (non-hydrogen) atoms. The number of nitrogens with one attached hydrogen (secondary N) is 1. The lowest BCUT2D eigenvalue weighted by molar-refractivity contribution is 0.220. The standard InChI is InChI=1S/C17H22N2O2/c1-21-17-7-5-14(6-8-17)11-18-12-15(13-20)10-16-4-2-3-9-19-16/h2-9,15,18,20H,10-13H2,1H3. The second-order valence-corrected chi connectivity index (χ2v) is 5.05. The van der Waals surface area contributed by atoms with E-state index in [-0.39, 0.29) is 12.5 Å². The van der Waals surface area contributed by atoms with Gasteiger partial charge in [0.15, 0.2) is 0 Å². The summed E-state index contributed by atoms with van der Waals surface area (Å²) in [5.74, 6) is 1.04. The summed E-state index contributed by atoms with van der Waals surface area (Å²) in [7, 11) is 1.66. The summed E-state index contributed by atoms with van der Waals surface area (Å²) in [6, 6.07) is 13.9. The van der Waals surface area contributed by atoms with Crippen LogP contribution >= 0.6 is 0 Å². The molecule has 2 N–H and O–H groups in total. The quantitative estimate of drug-likeness (QED) is 0.779. The number of hydrogen-bond donors (Lipinski definition) is 2. The molecule has 0 amide bonds. The van der Waals surface area contributed by atoms with Crippen LogP contribution < -0.4 is 10.1 Å². The maximum atomic E-state index is 9.47. The molecule has 0 saturated heterocycles. The van der Waals surface area contributed by atoms with Crippen LogP contribution in [0.15, 0.2) is 48.7 Å². The smallest absolute Gasteiger partial charge is 0.118 e. The van der Waals surface area contributed by atoms with Gasteiger partial charge in [0.25, 0.3) is 0 Å². The van der Waals surface area contributed by atoms with E-state index in [1.165, 1.54) is 5.56 Å². The van der Waals surface area contributed by atoms with Crippen molar-refractivity contribution in [2.45, 2.75) is 13.0 Å². The molecule has 0 spiro atoms. The maximum Gasteiger partial charge on any atom is 0.118 e. The summed E-state index contributed by atoms with van der Waals surface area (Å²) in [6.45, 7) is 1.70. The van der Waals surface area contributed by atoms with Crippen molar-refractivity contribution in [1.29, 1.82) is 0 Å². The van der Waals surface area contributed by atoms with Crippen molar-refractivity contribution in [3.8, 4) is 5.75 Å². The third kappa shape index (κ3) is 5.17. The molecule has 0 aliphatic heterocycles. The first-order valence-corrected chi connectivity index (χ1v) is 7.16. The molecule has 1 heterocycles. The van der Waals surface area contributed by atoms with Gasteiger partial charge in [0.2, 0.25) is 0 Å². The molecule has 0 fully saturated rings. The largest absolute Gasteiger partial charge is 0.497 e. The van der Waals surface area contributed by atoms with E-state index in [0.29, 0.717) is 0 Å². The van der Waals surface area contributed by atoms with Crippen molar-refractivity contribution in [1.82, 2.24) is 10.3 Å². The first-order chi connectivity index (χ1) is 10.3. The normalized spacial score (nSPS) is 12.1. The highest BCUT2D eigenvalue weighted by atomic mass is 16.5. The fourth-order valence-corrected chi connectivity index (χ4v) is 2.18. The van der Waals surface area contributed by atoms with Crippen molar-refractivity contribution >= 4 is 0 Å². The van der Waals surface area contributed by atoms with Crippen molar-refractivity contribution in [2.75, 3.05) is 20.3 Å². The number of aliphatic hydroxyl groups is 1. The molecule has 0 aliphatic carbocycles. The number of benzene rings is 1. The minimum absolute atomic E-state index is 0.159. The molecule has 112 valence electrons. The highest BCUT2D eigenvalue weighted by molar-refractivity contribution is 5.26. The maximum absolute atomic E-state index is 9.47. The number of nitrogens with zero attached hydrogens (tertiary/aromatic N) is 1. The van der Waals surface area contributed by atoms with E-state index < -0.39 is 0 Å². The number of ether oxygens (including phenoxy) is 1. The first kappa shape index (κ1) is 15.5. The predicted molar refractivity (Wildman–Crippen MR) is 83.2 cm³/mol. The highest BCUT2D eigenvalue weighted by Gasteiger charge is 2.09. The monoisotopic (exact) mass is 286 g/mol. The van der Waals surface area contributed by atoms with Gasteiger partial charge >= 0.3 is 0 Å². The van der Waals surface area contributed by atoms with Gasteiger partial charge in [-0.25, -0.2) is 0 Å². The molecule has 0 radical (unpaired) electrons. The Morgan fingerprint density at radius 1 is 1.19 bits per heavy atom. The van der Waals surface area contributed by atoms with Crippen LogP contribution in [-0.4, -0.2) is 30.4 Å². The molecule has 0 saturated carbocycles. The first-order valence-electron chi connectivity index (χ1n) is 7.16. The van der Waals surface area contributed by atoms with Crippen molar-refractivity contribution in [3.63, 3.8) is 0 Å². The van der Waals surface area contributed by atoms with Crippen LogP contribution in [0.2, 0.25) is 0 Å². The third-order valence-corrected chi connectivity index (χ3v) is 3.40. The number of rotatable bonds is 8. The molecule has 1 unspecified atom stereocenters. The number of aromatic nitrogens is 1. The molecule has 2 rings (SSSR count). The second kappa shape index (κ2) is 8.39. The zero-order valence-corrected chi connectivity index (χ0v) is 12.3. The Labute approximate surface area is 125 Å². The lowest BCUT2D eigenvalue weighted by Crippen LogP contribution is -2.26. The van der Waals surface area contributed by atoms with Crippen LogP contribution in [0.1, 0.15) is 11.3 Å². The van der Waals surface area contributed by atoms with E-state index in [1.54, 1.807) is 13.3 Å². The van der Waals surface area contributed by atoms with Gasteiger partial charge in [-0.3, -0.25) is 4.98 Å². The predicted octanol–water partition coefficient (Wildman–Crippen LogP) is 2.03. The molecular weight excluding hydrogens is 264 g/mol. The van der Waals surface area contributed by atoms with Crippen LogP contribution in [0.5, 0.6) is 5.75 Å². The van der Waals surface area contributed by atoms with Gasteiger partial charge in [-0.15, -0.1) is 0 Å². The summed E-state index contributed by atoms with van der Waals surface area (Å²) in [6.07, 6.45) is 2.57. The number of methoxy groups -OCH3 is 1. The molecule has 2 aromatic rings. The minimum Gasteiger partial charge on any atom is -0.497 e. The fourth-order valence-electron chi connectivity index (χ4n) is 2.18. The van der Waals surface area contributed by atoms with Crippen molar-refractivity contribution in [2.24, 2.45) is 5.92 Å². The summed E-state index contributed by atoms with van der Waals surface area (Å²) < 4.78 is 5.14. The SMILES string of the molecule is COc1ccc(CNCC(CO)Cc2ccccn2)cc1. The van der Waals surface area contributed by atoms with Crippen LogP contribution in [-0.2, 0) is 13.0 Å². The van der Waals surface area contributed by atoms with Gasteiger partial charge in [0.1, 0.15) is 5.75 Å². The average Bonchev–Trinajstić information content (AvgIpc) is 2.55. The zero-order valence-electron chi connectivity index (χ0n) is 12.3. The van der Waals surface area contributed by atoms with E-state index >= 15 is 0 Å². The molecule has 1 atom stereocenters. The molecule has 4 heteroatoms. The van der Waals surface area contributed by atoms with Gasteiger partial charge in [0.05, 0.1) is 7.11 Å². The Morgan fingerprint density at radius 2 is 2.00 bits per heavy atom. The van der Waals surface area contributed by atoms with Gasteiger partial charge in [0, 0.05) is 31.6 Å². The van der Waals surface area contributed by atoms with E-state index in [0.717, 1.165) is 31.0 Å². The van der Waals surface area contributed by atoms with Crippen LogP contribution in [0.4, 0.5) is 0 Å². The number of pyridine rings is 1. The Morgan fingerprint density at radius 3 is 2.62 bits per heavy atom. The molecule has 0 aliphatic rings. The minimum atomic E-state index is 0.159. The van der Waals surface area contributed by atoms with E-state index in [9.17, 15) is 5.11 Å². The molecule has 0 bridgehead atoms. The fraction of sp³-hybridized carbons (Fsp3) is 0.353. The molecular formula is C17H22N2O2. The summed E-state index contributed by atoms with van der Waals surface area (Å²) in [5, 5.41) is 12.9. The Hall–Kier alpha value is -1.91. The van der Waals surface area contributed by atoms with Crippen LogP contribution in [0, 0.1) is 5.92 Å². The Bertz CT molecular complexity index is 514. The van der Waals surface area contributed by atoms with Crippen LogP contribution in [0.3, 0.4) is 0 Å². The second-order valence-electron chi connectivity index (χ2n) is 5.05. The summed E-state index contributed by atoms with van der Waals surface area (Å²) in [4.78, 5) is 4.30. The van der Waals surface area contributed by atoms with E-state index in [2.05, 4.69) is 10.3 Å². The average molecular weight is 286 g/mol. The van der Waals surface area contributed by atoms with Gasteiger partial charge in [-0.1, -0.05) is 18.2 Å². The van der Waals surface area contributed by atoms with E-state index in [1.807, 2.05) is 42.5 Å². The zero-order chi connectivity index (χ0) is 14.9. The molecule has 4 nitrogen and oxygen atoms in total. The topological polar surface area (TPSA) is 54.4 Å². The van der Waals surface area contributed by atoms with Crippen molar-refractivity contribution in [3.05, 3.63) is 59.9 Å². The lowest BCUT2D eigenvalue weighted by Gasteiger charge is -2.14. The van der Waals surface area contributed by atoms with Crippen LogP contribution in [0.25, 0.3) is 0 Å².